The molecule has 6 nitrogen and oxygen atoms in total. The van der Waals surface area contributed by atoms with E-state index in [-0.39, 0.29) is 5.92 Å². The van der Waals surface area contributed by atoms with Crippen molar-refractivity contribution in [3.63, 3.8) is 0 Å². The summed E-state index contributed by atoms with van der Waals surface area (Å²) in [6.45, 7) is 1.78. The van der Waals surface area contributed by atoms with Crippen LogP contribution in [0, 0.1) is 11.8 Å². The smallest absolute Gasteiger partial charge is 0.225 e. The zero-order chi connectivity index (χ0) is 17.1. The van der Waals surface area contributed by atoms with E-state index in [1.165, 1.54) is 12.8 Å². The van der Waals surface area contributed by atoms with E-state index in [2.05, 4.69) is 19.9 Å². The van der Waals surface area contributed by atoms with Crippen molar-refractivity contribution in [2.75, 3.05) is 13.1 Å². The van der Waals surface area contributed by atoms with Crippen molar-refractivity contribution < 1.29 is 4.79 Å². The van der Waals surface area contributed by atoms with Crippen molar-refractivity contribution >= 4 is 5.91 Å². The van der Waals surface area contributed by atoms with Gasteiger partial charge in [-0.2, -0.15) is 0 Å². The van der Waals surface area contributed by atoms with E-state index >= 15 is 0 Å². The van der Waals surface area contributed by atoms with Crippen LogP contribution in [0.5, 0.6) is 0 Å². The minimum Gasteiger partial charge on any atom is -0.343 e. The number of likely N-dealkylation sites (tertiary alicyclic amines) is 1. The van der Waals surface area contributed by atoms with Crippen molar-refractivity contribution in [3.05, 3.63) is 30.5 Å². The van der Waals surface area contributed by atoms with Gasteiger partial charge in [-0.3, -0.25) is 9.78 Å². The largest absolute Gasteiger partial charge is 0.343 e. The molecule has 6 heteroatoms. The Bertz CT molecular complexity index is 708. The number of H-pyrrole nitrogens is 1. The molecule has 0 spiro atoms. The second kappa shape index (κ2) is 7.33. The zero-order valence-electron chi connectivity index (χ0n) is 14.5. The fourth-order valence-electron chi connectivity index (χ4n) is 4.18. The van der Waals surface area contributed by atoms with Gasteiger partial charge in [0.15, 0.2) is 5.82 Å². The fourth-order valence-corrected chi connectivity index (χ4v) is 4.18. The SMILES string of the molecule is O=C(C1CCCC1)N1CCC[C@@H](Cc2cncc(-c3ncc[nH]3)n2)C1. The average molecular weight is 339 g/mol. The first-order valence-electron chi connectivity index (χ1n) is 9.39. The Morgan fingerprint density at radius 2 is 2.08 bits per heavy atom. The number of amides is 1. The first-order valence-corrected chi connectivity index (χ1v) is 9.39. The van der Waals surface area contributed by atoms with Crippen molar-refractivity contribution in [2.24, 2.45) is 11.8 Å². The lowest BCUT2D eigenvalue weighted by Crippen LogP contribution is -2.43. The second-order valence-electron chi connectivity index (χ2n) is 7.31. The van der Waals surface area contributed by atoms with E-state index in [9.17, 15) is 4.79 Å². The molecular formula is C19H25N5O. The second-order valence-corrected chi connectivity index (χ2v) is 7.31. The molecule has 0 unspecified atom stereocenters. The molecule has 0 aromatic carbocycles. The lowest BCUT2D eigenvalue weighted by Gasteiger charge is -2.34. The Labute approximate surface area is 148 Å². The van der Waals surface area contributed by atoms with Crippen molar-refractivity contribution in [3.8, 4) is 11.5 Å². The van der Waals surface area contributed by atoms with Gasteiger partial charge in [0.05, 0.1) is 11.9 Å². The maximum atomic E-state index is 12.7. The van der Waals surface area contributed by atoms with Crippen molar-refractivity contribution in [2.45, 2.75) is 44.9 Å². The third-order valence-corrected chi connectivity index (χ3v) is 5.46. The molecule has 1 saturated heterocycles. The Kier molecular flexibility index (Phi) is 4.76. The van der Waals surface area contributed by atoms with Crippen LogP contribution in [0.25, 0.3) is 11.5 Å². The molecule has 1 atom stereocenters. The van der Waals surface area contributed by atoms with Gasteiger partial charge in [-0.1, -0.05) is 12.8 Å². The summed E-state index contributed by atoms with van der Waals surface area (Å²) in [6, 6.07) is 0. The number of carbonyl (C=O) groups excluding carboxylic acids is 1. The van der Waals surface area contributed by atoms with E-state index in [0.29, 0.717) is 11.8 Å². The summed E-state index contributed by atoms with van der Waals surface area (Å²) >= 11 is 0. The Morgan fingerprint density at radius 3 is 2.88 bits per heavy atom. The molecule has 1 aliphatic heterocycles. The highest BCUT2D eigenvalue weighted by atomic mass is 16.2. The zero-order valence-corrected chi connectivity index (χ0v) is 14.5. The lowest BCUT2D eigenvalue weighted by molar-refractivity contribution is -0.137. The van der Waals surface area contributed by atoms with Gasteiger partial charge < -0.3 is 9.88 Å². The molecule has 1 amide bonds. The molecule has 0 radical (unpaired) electrons. The lowest BCUT2D eigenvalue weighted by atomic mass is 9.92. The number of aromatic nitrogens is 4. The highest BCUT2D eigenvalue weighted by molar-refractivity contribution is 5.79. The van der Waals surface area contributed by atoms with Crippen LogP contribution in [0.4, 0.5) is 0 Å². The van der Waals surface area contributed by atoms with Crippen LogP contribution in [0.1, 0.15) is 44.2 Å². The number of imidazole rings is 1. The molecule has 1 aliphatic carbocycles. The maximum Gasteiger partial charge on any atom is 0.225 e. The monoisotopic (exact) mass is 339 g/mol. The molecule has 1 N–H and O–H groups in total. The van der Waals surface area contributed by atoms with Gasteiger partial charge in [0.2, 0.25) is 5.91 Å². The van der Waals surface area contributed by atoms with Crippen molar-refractivity contribution in [1.29, 1.82) is 0 Å². The van der Waals surface area contributed by atoms with E-state index in [4.69, 9.17) is 4.98 Å². The van der Waals surface area contributed by atoms with E-state index in [0.717, 1.165) is 62.4 Å². The predicted octanol–water partition coefficient (Wildman–Crippen LogP) is 2.84. The normalized spacial score (nSPS) is 21.6. The molecule has 1 saturated carbocycles. The molecule has 25 heavy (non-hydrogen) atoms. The fraction of sp³-hybridized carbons (Fsp3) is 0.579. The molecular weight excluding hydrogens is 314 g/mol. The van der Waals surface area contributed by atoms with Crippen LogP contribution in [-0.4, -0.2) is 43.8 Å². The summed E-state index contributed by atoms with van der Waals surface area (Å²) in [7, 11) is 0. The summed E-state index contributed by atoms with van der Waals surface area (Å²) in [5, 5.41) is 0. The van der Waals surface area contributed by atoms with Crippen molar-refractivity contribution in [1.82, 2.24) is 24.8 Å². The molecule has 132 valence electrons. The molecule has 2 aromatic rings. The summed E-state index contributed by atoms with van der Waals surface area (Å²) in [5.41, 5.74) is 1.76. The van der Waals surface area contributed by atoms with Gasteiger partial charge >= 0.3 is 0 Å². The first-order chi connectivity index (χ1) is 12.3. The molecule has 2 aromatic heterocycles. The van der Waals surface area contributed by atoms with E-state index in [1.807, 2.05) is 6.20 Å². The summed E-state index contributed by atoms with van der Waals surface area (Å²) in [4.78, 5) is 31.1. The topological polar surface area (TPSA) is 74.8 Å². The third kappa shape index (κ3) is 3.72. The van der Waals surface area contributed by atoms with Crippen LogP contribution >= 0.6 is 0 Å². The van der Waals surface area contributed by atoms with Gasteiger partial charge in [0.1, 0.15) is 5.69 Å². The van der Waals surface area contributed by atoms with Gasteiger partial charge in [0.25, 0.3) is 0 Å². The van der Waals surface area contributed by atoms with Gasteiger partial charge in [-0.05, 0) is 38.0 Å². The Hall–Kier alpha value is -2.24. The number of carbonyl (C=O) groups is 1. The predicted molar refractivity (Wildman–Crippen MR) is 94.6 cm³/mol. The Balaban J connectivity index is 1.40. The van der Waals surface area contributed by atoms with E-state index in [1.54, 1.807) is 18.6 Å². The van der Waals surface area contributed by atoms with Gasteiger partial charge in [0, 0.05) is 37.6 Å². The number of piperidine rings is 1. The molecule has 2 fully saturated rings. The number of rotatable bonds is 4. The number of aromatic amines is 1. The van der Waals surface area contributed by atoms with Crippen LogP contribution < -0.4 is 0 Å². The summed E-state index contributed by atoms with van der Waals surface area (Å²) < 4.78 is 0. The van der Waals surface area contributed by atoms with Crippen LogP contribution in [0.3, 0.4) is 0 Å². The number of nitrogens with one attached hydrogen (secondary N) is 1. The molecule has 2 aliphatic rings. The summed E-state index contributed by atoms with van der Waals surface area (Å²) in [6.07, 6.45) is 14.8. The minimum atomic E-state index is 0.279. The molecule has 3 heterocycles. The molecule has 4 rings (SSSR count). The highest BCUT2D eigenvalue weighted by Crippen LogP contribution is 2.29. The first kappa shape index (κ1) is 16.2. The minimum absolute atomic E-state index is 0.279. The molecule has 0 bridgehead atoms. The van der Waals surface area contributed by atoms with E-state index < -0.39 is 0 Å². The van der Waals surface area contributed by atoms with Gasteiger partial charge in [-0.15, -0.1) is 0 Å². The third-order valence-electron chi connectivity index (χ3n) is 5.46. The average Bonchev–Trinajstić information content (AvgIpc) is 3.35. The van der Waals surface area contributed by atoms with Crippen LogP contribution in [0.15, 0.2) is 24.8 Å². The Morgan fingerprint density at radius 1 is 1.20 bits per heavy atom. The van der Waals surface area contributed by atoms with Crippen LogP contribution in [-0.2, 0) is 11.2 Å². The summed E-state index contributed by atoms with van der Waals surface area (Å²) in [5.74, 6) is 1.88. The quantitative estimate of drug-likeness (QED) is 0.929. The highest BCUT2D eigenvalue weighted by Gasteiger charge is 2.30. The maximum absolute atomic E-state index is 12.7. The number of nitrogens with zero attached hydrogens (tertiary/aromatic N) is 4. The van der Waals surface area contributed by atoms with Crippen LogP contribution in [0.2, 0.25) is 0 Å². The van der Waals surface area contributed by atoms with Gasteiger partial charge in [-0.25, -0.2) is 9.97 Å². The standard InChI is InChI=1S/C19H25N5O/c25-19(15-5-1-2-6-15)24-9-3-4-14(13-24)10-16-11-20-12-17(23-16)18-21-7-8-22-18/h7-8,11-12,14-15H,1-6,9-10,13H2,(H,21,22)/t14-/m0/s1. The number of hydrogen-bond donors (Lipinski definition) is 1. The number of hydrogen-bond acceptors (Lipinski definition) is 4.